The molecule has 0 saturated heterocycles. The van der Waals surface area contributed by atoms with E-state index in [1.54, 1.807) is 0 Å². The summed E-state index contributed by atoms with van der Waals surface area (Å²) in [6.07, 6.45) is 2.85. The van der Waals surface area contributed by atoms with Crippen LogP contribution in [0.4, 0.5) is 4.39 Å². The lowest BCUT2D eigenvalue weighted by Gasteiger charge is -2.06. The number of amides is 1. The minimum atomic E-state index is -0.554. The maximum atomic E-state index is 13.5. The molecule has 0 aliphatic rings. The number of nitrogens with one attached hydrogen (secondary N) is 2. The van der Waals surface area contributed by atoms with E-state index in [1.807, 2.05) is 0 Å². The predicted molar refractivity (Wildman–Crippen MR) is 70.0 cm³/mol. The molecular formula is C13H15FN4O2. The SMILES string of the molecule is COc1ccc(C(=O)NCCCc2ncn[nH]2)cc1F. The van der Waals surface area contributed by atoms with Gasteiger partial charge in [0, 0.05) is 18.5 Å². The van der Waals surface area contributed by atoms with Gasteiger partial charge in [-0.2, -0.15) is 5.10 Å². The zero-order valence-electron chi connectivity index (χ0n) is 11.0. The number of H-pyrrole nitrogens is 1. The van der Waals surface area contributed by atoms with Crippen LogP contribution in [-0.2, 0) is 6.42 Å². The van der Waals surface area contributed by atoms with E-state index in [4.69, 9.17) is 4.74 Å². The number of halogens is 1. The van der Waals surface area contributed by atoms with Gasteiger partial charge in [0.2, 0.25) is 0 Å². The average molecular weight is 278 g/mol. The molecule has 1 aromatic heterocycles. The fraction of sp³-hybridized carbons (Fsp3) is 0.308. The Morgan fingerprint density at radius 1 is 1.50 bits per heavy atom. The lowest BCUT2D eigenvalue weighted by atomic mass is 10.2. The number of nitrogens with zero attached hydrogens (tertiary/aromatic N) is 2. The normalized spacial score (nSPS) is 10.3. The number of aromatic amines is 1. The van der Waals surface area contributed by atoms with Crippen molar-refractivity contribution in [3.63, 3.8) is 0 Å². The number of hydrogen-bond acceptors (Lipinski definition) is 4. The number of benzene rings is 1. The number of carbonyl (C=O) groups excluding carboxylic acids is 1. The second kappa shape index (κ2) is 6.65. The summed E-state index contributed by atoms with van der Waals surface area (Å²) in [5, 5.41) is 9.19. The maximum Gasteiger partial charge on any atom is 0.251 e. The fourth-order valence-corrected chi connectivity index (χ4v) is 1.72. The van der Waals surface area contributed by atoms with Crippen molar-refractivity contribution in [1.82, 2.24) is 20.5 Å². The zero-order chi connectivity index (χ0) is 14.4. The second-order valence-corrected chi connectivity index (χ2v) is 4.14. The second-order valence-electron chi connectivity index (χ2n) is 4.14. The Labute approximate surface area is 115 Å². The first-order chi connectivity index (χ1) is 9.70. The first kappa shape index (κ1) is 14.0. The van der Waals surface area contributed by atoms with E-state index in [0.717, 1.165) is 18.3 Å². The van der Waals surface area contributed by atoms with Crippen molar-refractivity contribution in [3.8, 4) is 5.75 Å². The molecule has 20 heavy (non-hydrogen) atoms. The van der Waals surface area contributed by atoms with E-state index in [-0.39, 0.29) is 17.2 Å². The first-order valence-corrected chi connectivity index (χ1v) is 6.16. The van der Waals surface area contributed by atoms with Crippen molar-refractivity contribution >= 4 is 5.91 Å². The summed E-state index contributed by atoms with van der Waals surface area (Å²) in [5.41, 5.74) is 0.267. The molecule has 0 radical (unpaired) electrons. The average Bonchev–Trinajstić information content (AvgIpc) is 2.96. The Kier molecular flexibility index (Phi) is 4.65. The Balaban J connectivity index is 1.81. The molecule has 2 rings (SSSR count). The van der Waals surface area contributed by atoms with Crippen LogP contribution in [0.5, 0.6) is 5.75 Å². The Bertz CT molecular complexity index is 572. The lowest BCUT2D eigenvalue weighted by Crippen LogP contribution is -2.25. The summed E-state index contributed by atoms with van der Waals surface area (Å²) in [6.45, 7) is 0.479. The summed E-state index contributed by atoms with van der Waals surface area (Å²) < 4.78 is 18.3. The zero-order valence-corrected chi connectivity index (χ0v) is 11.0. The molecule has 0 aliphatic heterocycles. The van der Waals surface area contributed by atoms with E-state index < -0.39 is 5.82 Å². The number of aryl methyl sites for hydroxylation is 1. The minimum absolute atomic E-state index is 0.117. The Morgan fingerprint density at radius 3 is 3.00 bits per heavy atom. The van der Waals surface area contributed by atoms with Gasteiger partial charge in [0.25, 0.3) is 5.91 Å². The highest BCUT2D eigenvalue weighted by Gasteiger charge is 2.09. The molecule has 6 nitrogen and oxygen atoms in total. The van der Waals surface area contributed by atoms with Crippen molar-refractivity contribution < 1.29 is 13.9 Å². The molecule has 0 saturated carbocycles. The molecule has 0 aliphatic carbocycles. The van der Waals surface area contributed by atoms with Crippen LogP contribution in [-0.4, -0.2) is 34.7 Å². The van der Waals surface area contributed by atoms with Gasteiger partial charge in [-0.25, -0.2) is 9.37 Å². The van der Waals surface area contributed by atoms with E-state index in [0.29, 0.717) is 13.0 Å². The molecule has 1 amide bonds. The molecular weight excluding hydrogens is 263 g/mol. The molecule has 0 spiro atoms. The number of ether oxygens (including phenoxy) is 1. The number of rotatable bonds is 6. The first-order valence-electron chi connectivity index (χ1n) is 6.16. The number of aromatic nitrogens is 3. The van der Waals surface area contributed by atoms with Gasteiger partial charge >= 0.3 is 0 Å². The topological polar surface area (TPSA) is 79.9 Å². The van der Waals surface area contributed by atoms with Gasteiger partial charge in [0.15, 0.2) is 11.6 Å². The molecule has 2 aromatic rings. The quantitative estimate of drug-likeness (QED) is 0.781. The van der Waals surface area contributed by atoms with Crippen LogP contribution in [0.15, 0.2) is 24.5 Å². The van der Waals surface area contributed by atoms with Crippen LogP contribution in [0.25, 0.3) is 0 Å². The van der Waals surface area contributed by atoms with Gasteiger partial charge in [0.05, 0.1) is 7.11 Å². The molecule has 7 heteroatoms. The van der Waals surface area contributed by atoms with Gasteiger partial charge in [-0.15, -0.1) is 0 Å². The molecule has 106 valence electrons. The smallest absolute Gasteiger partial charge is 0.251 e. The summed E-state index contributed by atoms with van der Waals surface area (Å²) >= 11 is 0. The van der Waals surface area contributed by atoms with Crippen LogP contribution in [0.3, 0.4) is 0 Å². The summed E-state index contributed by atoms with van der Waals surface area (Å²) in [5.74, 6) is 0.0209. The van der Waals surface area contributed by atoms with Gasteiger partial charge in [-0.05, 0) is 24.6 Å². The molecule has 0 atom stereocenters. The summed E-state index contributed by atoms with van der Waals surface area (Å²) in [7, 11) is 1.38. The highest BCUT2D eigenvalue weighted by Crippen LogP contribution is 2.17. The van der Waals surface area contributed by atoms with Gasteiger partial charge in [0.1, 0.15) is 12.2 Å². The van der Waals surface area contributed by atoms with E-state index >= 15 is 0 Å². The highest BCUT2D eigenvalue weighted by atomic mass is 19.1. The van der Waals surface area contributed by atoms with Crippen LogP contribution >= 0.6 is 0 Å². The summed E-state index contributed by atoms with van der Waals surface area (Å²) in [4.78, 5) is 15.8. The predicted octanol–water partition coefficient (Wildman–Crippen LogP) is 1.31. The molecule has 0 unspecified atom stereocenters. The Morgan fingerprint density at radius 2 is 2.35 bits per heavy atom. The van der Waals surface area contributed by atoms with Crippen molar-refractivity contribution in [3.05, 3.63) is 41.7 Å². The number of methoxy groups -OCH3 is 1. The standard InChI is InChI=1S/C13H15FN4O2/c1-20-11-5-4-9(7-10(11)14)13(19)15-6-2-3-12-16-8-17-18-12/h4-5,7-8H,2-3,6H2,1H3,(H,15,19)(H,16,17,18). The van der Waals surface area contributed by atoms with E-state index in [2.05, 4.69) is 20.5 Å². The third-order valence-corrected chi connectivity index (χ3v) is 2.75. The van der Waals surface area contributed by atoms with Crippen LogP contribution in [0.1, 0.15) is 22.6 Å². The molecule has 0 bridgehead atoms. The monoisotopic (exact) mass is 278 g/mol. The largest absolute Gasteiger partial charge is 0.494 e. The Hall–Kier alpha value is -2.44. The van der Waals surface area contributed by atoms with E-state index in [1.165, 1.54) is 25.6 Å². The summed E-state index contributed by atoms with van der Waals surface area (Å²) in [6, 6.07) is 4.11. The third kappa shape index (κ3) is 3.53. The minimum Gasteiger partial charge on any atom is -0.494 e. The van der Waals surface area contributed by atoms with Crippen molar-refractivity contribution in [1.29, 1.82) is 0 Å². The fourth-order valence-electron chi connectivity index (χ4n) is 1.72. The molecule has 0 fully saturated rings. The third-order valence-electron chi connectivity index (χ3n) is 2.75. The van der Waals surface area contributed by atoms with Crippen LogP contribution in [0, 0.1) is 5.82 Å². The van der Waals surface area contributed by atoms with Crippen molar-refractivity contribution in [2.45, 2.75) is 12.8 Å². The molecule has 1 heterocycles. The van der Waals surface area contributed by atoms with Gasteiger partial charge < -0.3 is 10.1 Å². The van der Waals surface area contributed by atoms with Crippen molar-refractivity contribution in [2.24, 2.45) is 0 Å². The molecule has 1 aromatic carbocycles. The van der Waals surface area contributed by atoms with Gasteiger partial charge in [-0.3, -0.25) is 9.89 Å². The maximum absolute atomic E-state index is 13.5. The lowest BCUT2D eigenvalue weighted by molar-refractivity contribution is 0.0952. The van der Waals surface area contributed by atoms with Crippen LogP contribution in [0.2, 0.25) is 0 Å². The van der Waals surface area contributed by atoms with E-state index in [9.17, 15) is 9.18 Å². The number of hydrogen-bond donors (Lipinski definition) is 2. The van der Waals surface area contributed by atoms with Gasteiger partial charge in [-0.1, -0.05) is 0 Å². The highest BCUT2D eigenvalue weighted by molar-refractivity contribution is 5.94. The van der Waals surface area contributed by atoms with Crippen molar-refractivity contribution in [2.75, 3.05) is 13.7 Å². The molecule has 2 N–H and O–H groups in total. The van der Waals surface area contributed by atoms with Crippen LogP contribution < -0.4 is 10.1 Å². The number of carbonyl (C=O) groups is 1.